The normalized spacial score (nSPS) is 12.3. The second-order valence-electron chi connectivity index (χ2n) is 5.69. The van der Waals surface area contributed by atoms with E-state index < -0.39 is 0 Å². The fourth-order valence-corrected chi connectivity index (χ4v) is 2.82. The third kappa shape index (κ3) is 2.89. The van der Waals surface area contributed by atoms with E-state index in [0.717, 1.165) is 11.1 Å². The molecule has 1 heterocycles. The highest BCUT2D eigenvalue weighted by Crippen LogP contribution is 2.27. The van der Waals surface area contributed by atoms with Crippen LogP contribution in [0.4, 0.5) is 5.69 Å². The van der Waals surface area contributed by atoms with Gasteiger partial charge in [0.05, 0.1) is 0 Å². The zero-order chi connectivity index (χ0) is 14.8. The van der Waals surface area contributed by atoms with Gasteiger partial charge in [-0.3, -0.25) is 4.98 Å². The van der Waals surface area contributed by atoms with Gasteiger partial charge >= 0.3 is 0 Å². The Morgan fingerprint density at radius 2 is 1.76 bits per heavy atom. The van der Waals surface area contributed by atoms with E-state index in [9.17, 15) is 0 Å². The molecule has 0 fully saturated rings. The number of benzene rings is 2. The van der Waals surface area contributed by atoms with Crippen molar-refractivity contribution >= 4 is 16.5 Å². The summed E-state index contributed by atoms with van der Waals surface area (Å²) in [5.74, 6) is 0. The maximum Gasteiger partial charge on any atom is 0.0486 e. The van der Waals surface area contributed by atoms with Gasteiger partial charge in [0.2, 0.25) is 0 Å². The Kier molecular flexibility index (Phi) is 3.61. The van der Waals surface area contributed by atoms with Crippen molar-refractivity contribution in [1.82, 2.24) is 4.98 Å². The van der Waals surface area contributed by atoms with E-state index in [1.165, 1.54) is 22.1 Å². The lowest BCUT2D eigenvalue weighted by Crippen LogP contribution is -2.07. The standard InChI is InChI=1S/C19H20N2/c1-13-9-14(2)11-17(10-13)15(3)21-19-6-4-5-16-12-20-8-7-18(16)19/h4-12,15,21H,1-3H3. The van der Waals surface area contributed by atoms with Gasteiger partial charge in [0.15, 0.2) is 0 Å². The van der Waals surface area contributed by atoms with Crippen LogP contribution in [0.2, 0.25) is 0 Å². The molecule has 3 aromatic rings. The Bertz CT molecular complexity index is 752. The molecule has 106 valence electrons. The van der Waals surface area contributed by atoms with Gasteiger partial charge in [-0.2, -0.15) is 0 Å². The number of rotatable bonds is 3. The second-order valence-corrected chi connectivity index (χ2v) is 5.69. The Balaban J connectivity index is 1.94. The van der Waals surface area contributed by atoms with Gasteiger partial charge in [0, 0.05) is 34.9 Å². The predicted octanol–water partition coefficient (Wildman–Crippen LogP) is 5.02. The molecule has 0 aliphatic heterocycles. The van der Waals surface area contributed by atoms with Crippen molar-refractivity contribution in [3.05, 3.63) is 71.5 Å². The molecule has 0 radical (unpaired) electrons. The Morgan fingerprint density at radius 1 is 1.00 bits per heavy atom. The van der Waals surface area contributed by atoms with E-state index in [-0.39, 0.29) is 6.04 Å². The Hall–Kier alpha value is -2.35. The summed E-state index contributed by atoms with van der Waals surface area (Å²) in [6.45, 7) is 6.49. The molecule has 2 heteroatoms. The molecule has 1 aromatic heterocycles. The zero-order valence-electron chi connectivity index (χ0n) is 12.7. The monoisotopic (exact) mass is 276 g/mol. The molecule has 0 bridgehead atoms. The first-order valence-corrected chi connectivity index (χ1v) is 7.31. The number of nitrogens with one attached hydrogen (secondary N) is 1. The average molecular weight is 276 g/mol. The van der Waals surface area contributed by atoms with Gasteiger partial charge in [-0.15, -0.1) is 0 Å². The highest BCUT2D eigenvalue weighted by atomic mass is 14.9. The van der Waals surface area contributed by atoms with Crippen molar-refractivity contribution in [2.45, 2.75) is 26.8 Å². The maximum atomic E-state index is 4.19. The number of aryl methyl sites for hydroxylation is 2. The number of hydrogen-bond donors (Lipinski definition) is 1. The van der Waals surface area contributed by atoms with E-state index in [4.69, 9.17) is 0 Å². The van der Waals surface area contributed by atoms with Crippen LogP contribution in [-0.2, 0) is 0 Å². The summed E-state index contributed by atoms with van der Waals surface area (Å²) in [5.41, 5.74) is 5.08. The van der Waals surface area contributed by atoms with Gasteiger partial charge in [-0.25, -0.2) is 0 Å². The van der Waals surface area contributed by atoms with Crippen LogP contribution < -0.4 is 5.32 Å². The summed E-state index contributed by atoms with van der Waals surface area (Å²) in [6.07, 6.45) is 3.75. The summed E-state index contributed by atoms with van der Waals surface area (Å²) in [5, 5.41) is 6.00. The minimum atomic E-state index is 0.266. The lowest BCUT2D eigenvalue weighted by Gasteiger charge is -2.18. The van der Waals surface area contributed by atoms with E-state index in [1.54, 1.807) is 0 Å². The first kappa shape index (κ1) is 13.6. The zero-order valence-corrected chi connectivity index (χ0v) is 12.7. The molecule has 0 aliphatic rings. The third-order valence-corrected chi connectivity index (χ3v) is 3.80. The molecular weight excluding hydrogens is 256 g/mol. The highest BCUT2D eigenvalue weighted by molar-refractivity contribution is 5.93. The van der Waals surface area contributed by atoms with Gasteiger partial charge in [0.25, 0.3) is 0 Å². The fraction of sp³-hybridized carbons (Fsp3) is 0.211. The molecule has 1 unspecified atom stereocenters. The van der Waals surface area contributed by atoms with Crippen LogP contribution in [0.25, 0.3) is 10.8 Å². The lowest BCUT2D eigenvalue weighted by atomic mass is 10.0. The number of hydrogen-bond acceptors (Lipinski definition) is 2. The molecule has 0 aliphatic carbocycles. The summed E-state index contributed by atoms with van der Waals surface area (Å²) in [4.78, 5) is 4.19. The largest absolute Gasteiger partial charge is 0.378 e. The van der Waals surface area contributed by atoms with Crippen molar-refractivity contribution in [1.29, 1.82) is 0 Å². The molecule has 0 saturated carbocycles. The van der Waals surface area contributed by atoms with Crippen molar-refractivity contribution in [2.24, 2.45) is 0 Å². The van der Waals surface area contributed by atoms with Crippen molar-refractivity contribution in [3.63, 3.8) is 0 Å². The summed E-state index contributed by atoms with van der Waals surface area (Å²) < 4.78 is 0. The highest BCUT2D eigenvalue weighted by Gasteiger charge is 2.08. The Labute approximate surface area is 125 Å². The second kappa shape index (κ2) is 5.57. The van der Waals surface area contributed by atoms with Crippen LogP contribution in [0.15, 0.2) is 54.9 Å². The average Bonchev–Trinajstić information content (AvgIpc) is 2.46. The molecule has 3 rings (SSSR count). The number of anilines is 1. The van der Waals surface area contributed by atoms with Crippen LogP contribution in [-0.4, -0.2) is 4.98 Å². The van der Waals surface area contributed by atoms with Crippen LogP contribution in [0.3, 0.4) is 0 Å². The molecule has 1 N–H and O–H groups in total. The van der Waals surface area contributed by atoms with Crippen LogP contribution in [0.1, 0.15) is 29.7 Å². The molecule has 0 saturated heterocycles. The van der Waals surface area contributed by atoms with E-state index >= 15 is 0 Å². The van der Waals surface area contributed by atoms with Crippen LogP contribution >= 0.6 is 0 Å². The first-order chi connectivity index (χ1) is 10.1. The summed E-state index contributed by atoms with van der Waals surface area (Å²) in [6, 6.07) is 15.3. The number of pyridine rings is 1. The number of fused-ring (bicyclic) bond motifs is 1. The maximum absolute atomic E-state index is 4.19. The third-order valence-electron chi connectivity index (χ3n) is 3.80. The minimum absolute atomic E-state index is 0.266. The lowest BCUT2D eigenvalue weighted by molar-refractivity contribution is 0.882. The summed E-state index contributed by atoms with van der Waals surface area (Å²) >= 11 is 0. The van der Waals surface area contributed by atoms with E-state index in [2.05, 4.69) is 73.5 Å². The van der Waals surface area contributed by atoms with Crippen molar-refractivity contribution in [3.8, 4) is 0 Å². The van der Waals surface area contributed by atoms with Crippen LogP contribution in [0, 0.1) is 13.8 Å². The van der Waals surface area contributed by atoms with Gasteiger partial charge in [-0.1, -0.05) is 41.5 Å². The van der Waals surface area contributed by atoms with Crippen LogP contribution in [0.5, 0.6) is 0 Å². The van der Waals surface area contributed by atoms with Gasteiger partial charge < -0.3 is 5.32 Å². The molecule has 0 amide bonds. The quantitative estimate of drug-likeness (QED) is 0.726. The molecule has 2 aromatic carbocycles. The predicted molar refractivity (Wildman–Crippen MR) is 89.7 cm³/mol. The topological polar surface area (TPSA) is 24.9 Å². The smallest absolute Gasteiger partial charge is 0.0486 e. The molecule has 2 nitrogen and oxygen atoms in total. The number of nitrogens with zero attached hydrogens (tertiary/aromatic N) is 1. The molecule has 1 atom stereocenters. The fourth-order valence-electron chi connectivity index (χ4n) is 2.82. The van der Waals surface area contributed by atoms with E-state index in [1.807, 2.05) is 12.4 Å². The SMILES string of the molecule is Cc1cc(C)cc(C(C)Nc2cccc3cnccc23)c1. The Morgan fingerprint density at radius 3 is 2.52 bits per heavy atom. The molecule has 21 heavy (non-hydrogen) atoms. The van der Waals surface area contributed by atoms with Gasteiger partial charge in [-0.05, 0) is 38.5 Å². The van der Waals surface area contributed by atoms with Gasteiger partial charge in [0.1, 0.15) is 0 Å². The van der Waals surface area contributed by atoms with E-state index in [0.29, 0.717) is 0 Å². The van der Waals surface area contributed by atoms with Crippen molar-refractivity contribution in [2.75, 3.05) is 5.32 Å². The summed E-state index contributed by atoms with van der Waals surface area (Å²) in [7, 11) is 0. The first-order valence-electron chi connectivity index (χ1n) is 7.31. The molecular formula is C19H20N2. The molecule has 0 spiro atoms. The van der Waals surface area contributed by atoms with Crippen molar-refractivity contribution < 1.29 is 0 Å². The minimum Gasteiger partial charge on any atom is -0.378 e. The number of aromatic nitrogens is 1.